The average Bonchev–Trinajstić information content (AvgIpc) is 2.92. The Labute approximate surface area is 166 Å². The summed E-state index contributed by atoms with van der Waals surface area (Å²) in [7, 11) is -4.27. The predicted molar refractivity (Wildman–Crippen MR) is 113 cm³/mol. The summed E-state index contributed by atoms with van der Waals surface area (Å²) in [6, 6.07) is 19.5. The third-order valence-electron chi connectivity index (χ3n) is 5.43. The molecule has 0 bridgehead atoms. The summed E-state index contributed by atoms with van der Waals surface area (Å²) >= 11 is 0. The summed E-state index contributed by atoms with van der Waals surface area (Å²) < 4.78 is 33.6. The fourth-order valence-electron chi connectivity index (χ4n) is 3.77. The first-order valence-corrected chi connectivity index (χ1v) is 10.8. The smallest absolute Gasteiger partial charge is 0.209 e. The Morgan fingerprint density at radius 3 is 2.21 bits per heavy atom. The summed E-state index contributed by atoms with van der Waals surface area (Å²) in [6.07, 6.45) is 2.20. The molecule has 1 aliphatic heterocycles. The van der Waals surface area contributed by atoms with Gasteiger partial charge in [0.1, 0.15) is 16.3 Å². The molecule has 0 saturated heterocycles. The lowest BCUT2D eigenvalue weighted by atomic mass is 9.93. The fraction of sp³-hybridized carbons (Fsp3) is 0.261. The van der Waals surface area contributed by atoms with Gasteiger partial charge in [-0.05, 0) is 42.8 Å². The molecule has 0 amide bonds. The van der Waals surface area contributed by atoms with Crippen LogP contribution in [0.3, 0.4) is 0 Å². The van der Waals surface area contributed by atoms with Crippen molar-refractivity contribution in [2.45, 2.75) is 44.6 Å². The quantitative estimate of drug-likeness (QED) is 0.431. The van der Waals surface area contributed by atoms with E-state index in [9.17, 15) is 13.0 Å². The van der Waals surface area contributed by atoms with Gasteiger partial charge < -0.3 is 4.55 Å². The van der Waals surface area contributed by atoms with E-state index in [1.54, 1.807) is 12.1 Å². The van der Waals surface area contributed by atoms with Gasteiger partial charge >= 0.3 is 0 Å². The van der Waals surface area contributed by atoms with Crippen LogP contribution in [-0.4, -0.2) is 29.8 Å². The molecular weight excluding hydrogens is 370 g/mol. The monoisotopic (exact) mass is 395 g/mol. The zero-order chi connectivity index (χ0) is 20.5. The van der Waals surface area contributed by atoms with Gasteiger partial charge in [-0.25, -0.2) is 8.42 Å². The first-order chi connectivity index (χ1) is 13.2. The molecular formula is C23H25NO3S. The third kappa shape index (κ3) is 3.86. The molecule has 0 N–H and O–H groups in total. The average molecular weight is 396 g/mol. The van der Waals surface area contributed by atoms with Crippen LogP contribution in [0.5, 0.6) is 0 Å². The SMILES string of the molecule is CC=[N+]1c2ccc3ccccc3c2C(C)C1C.Cc1ccc(S(=O)(=O)[O-])cc1. The van der Waals surface area contributed by atoms with Crippen LogP contribution in [0.4, 0.5) is 5.69 Å². The van der Waals surface area contributed by atoms with Gasteiger partial charge in [0.25, 0.3) is 0 Å². The molecule has 0 aromatic heterocycles. The van der Waals surface area contributed by atoms with Crippen molar-refractivity contribution >= 4 is 32.8 Å². The topological polar surface area (TPSA) is 60.2 Å². The van der Waals surface area contributed by atoms with Crippen LogP contribution in [0.25, 0.3) is 10.8 Å². The van der Waals surface area contributed by atoms with E-state index >= 15 is 0 Å². The van der Waals surface area contributed by atoms with Crippen molar-refractivity contribution in [2.75, 3.05) is 0 Å². The van der Waals surface area contributed by atoms with Crippen molar-refractivity contribution in [3.8, 4) is 0 Å². The van der Waals surface area contributed by atoms with Gasteiger partial charge in [-0.15, -0.1) is 0 Å². The Morgan fingerprint density at radius 2 is 1.61 bits per heavy atom. The lowest BCUT2D eigenvalue weighted by Crippen LogP contribution is -2.17. The maximum absolute atomic E-state index is 10.4. The van der Waals surface area contributed by atoms with Gasteiger partial charge in [0.05, 0.1) is 10.8 Å². The number of aryl methyl sites for hydroxylation is 1. The van der Waals surface area contributed by atoms with Crippen LogP contribution in [0.2, 0.25) is 0 Å². The Morgan fingerprint density at radius 1 is 0.964 bits per heavy atom. The minimum atomic E-state index is -4.27. The van der Waals surface area contributed by atoms with Crippen molar-refractivity contribution in [3.63, 3.8) is 0 Å². The number of fused-ring (bicyclic) bond motifs is 3. The highest BCUT2D eigenvalue weighted by Gasteiger charge is 2.38. The zero-order valence-corrected chi connectivity index (χ0v) is 17.4. The van der Waals surface area contributed by atoms with Gasteiger partial charge in [0.2, 0.25) is 5.69 Å². The van der Waals surface area contributed by atoms with Crippen LogP contribution in [0.1, 0.15) is 37.8 Å². The Kier molecular flexibility index (Phi) is 5.68. The molecule has 0 saturated carbocycles. The standard InChI is InChI=1S/C16H18N.C7H8O3S/c1-4-17-12(3)11(2)16-14-8-6-5-7-13(14)9-10-15(16)17;1-6-2-4-7(5-3-6)11(8,9)10/h4-12H,1-3H3;2-5H,1H3,(H,8,9,10)/q+1;/p-1. The summed E-state index contributed by atoms with van der Waals surface area (Å²) in [5.41, 5.74) is 3.82. The Bertz CT molecular complexity index is 1130. The van der Waals surface area contributed by atoms with Gasteiger partial charge in [-0.3, -0.25) is 0 Å². The molecule has 2 unspecified atom stereocenters. The van der Waals surface area contributed by atoms with E-state index < -0.39 is 10.1 Å². The molecule has 0 spiro atoms. The zero-order valence-electron chi connectivity index (χ0n) is 16.6. The van der Waals surface area contributed by atoms with Crippen molar-refractivity contribution in [1.82, 2.24) is 0 Å². The number of benzene rings is 3. The normalized spacial score (nSPS) is 20.0. The van der Waals surface area contributed by atoms with Crippen molar-refractivity contribution in [3.05, 3.63) is 71.8 Å². The van der Waals surface area contributed by atoms with E-state index in [-0.39, 0.29) is 4.90 Å². The largest absolute Gasteiger partial charge is 0.744 e. The molecule has 28 heavy (non-hydrogen) atoms. The van der Waals surface area contributed by atoms with Gasteiger partial charge in [0.15, 0.2) is 6.04 Å². The highest BCUT2D eigenvalue weighted by Crippen LogP contribution is 2.43. The molecule has 146 valence electrons. The molecule has 2 atom stereocenters. The van der Waals surface area contributed by atoms with Crippen LogP contribution >= 0.6 is 0 Å². The Hall–Kier alpha value is -2.50. The lowest BCUT2D eigenvalue weighted by molar-refractivity contribution is -0.467. The molecule has 5 heteroatoms. The molecule has 1 aliphatic rings. The summed E-state index contributed by atoms with van der Waals surface area (Å²) in [5.74, 6) is 0.590. The molecule has 0 fully saturated rings. The molecule has 4 rings (SSSR count). The number of rotatable bonds is 1. The van der Waals surface area contributed by atoms with Gasteiger partial charge in [-0.1, -0.05) is 48.9 Å². The summed E-state index contributed by atoms with van der Waals surface area (Å²) in [4.78, 5) is -0.178. The van der Waals surface area contributed by atoms with E-state index in [0.29, 0.717) is 12.0 Å². The first kappa shape index (κ1) is 20.2. The minimum Gasteiger partial charge on any atom is -0.744 e. The lowest BCUT2D eigenvalue weighted by Gasteiger charge is -2.06. The molecule has 3 aromatic rings. The van der Waals surface area contributed by atoms with Crippen molar-refractivity contribution in [2.24, 2.45) is 0 Å². The highest BCUT2D eigenvalue weighted by molar-refractivity contribution is 7.85. The highest BCUT2D eigenvalue weighted by atomic mass is 32.2. The summed E-state index contributed by atoms with van der Waals surface area (Å²) in [5, 5.41) is 2.76. The maximum atomic E-state index is 10.4. The van der Waals surface area contributed by atoms with Crippen molar-refractivity contribution < 1.29 is 17.5 Å². The third-order valence-corrected chi connectivity index (χ3v) is 6.28. The van der Waals surface area contributed by atoms with Crippen molar-refractivity contribution in [1.29, 1.82) is 0 Å². The molecule has 3 aromatic carbocycles. The van der Waals surface area contributed by atoms with E-state index in [2.05, 4.69) is 68.0 Å². The molecule has 1 heterocycles. The van der Waals surface area contributed by atoms with Crippen LogP contribution in [0.15, 0.2) is 65.6 Å². The second-order valence-electron chi connectivity index (χ2n) is 7.18. The second kappa shape index (κ2) is 7.86. The van der Waals surface area contributed by atoms with E-state index in [1.807, 2.05) is 6.92 Å². The number of hydrogen-bond donors (Lipinski definition) is 0. The summed E-state index contributed by atoms with van der Waals surface area (Å²) in [6.45, 7) is 8.58. The van der Waals surface area contributed by atoms with E-state index in [1.165, 1.54) is 34.2 Å². The number of nitrogens with zero attached hydrogens (tertiary/aromatic N) is 1. The van der Waals surface area contributed by atoms with Gasteiger partial charge in [-0.2, -0.15) is 4.58 Å². The van der Waals surface area contributed by atoms with Crippen LogP contribution in [-0.2, 0) is 10.1 Å². The second-order valence-corrected chi connectivity index (χ2v) is 8.56. The van der Waals surface area contributed by atoms with Crippen LogP contribution in [0, 0.1) is 6.92 Å². The minimum absolute atomic E-state index is 0.178. The van der Waals surface area contributed by atoms with E-state index in [4.69, 9.17) is 0 Å². The number of hydrogen-bond acceptors (Lipinski definition) is 3. The molecule has 0 radical (unpaired) electrons. The predicted octanol–water partition coefficient (Wildman–Crippen LogP) is 4.98. The Balaban J connectivity index is 0.000000178. The molecule has 4 nitrogen and oxygen atoms in total. The van der Waals surface area contributed by atoms with Gasteiger partial charge in [0, 0.05) is 18.6 Å². The first-order valence-electron chi connectivity index (χ1n) is 9.36. The fourth-order valence-corrected chi connectivity index (χ4v) is 4.24. The maximum Gasteiger partial charge on any atom is 0.209 e. The van der Waals surface area contributed by atoms with Crippen LogP contribution < -0.4 is 0 Å². The molecule has 0 aliphatic carbocycles. The van der Waals surface area contributed by atoms with E-state index in [0.717, 1.165) is 5.56 Å².